The summed E-state index contributed by atoms with van der Waals surface area (Å²) >= 11 is 0.933. The van der Waals surface area contributed by atoms with Crippen LogP contribution in [0.3, 0.4) is 0 Å². The van der Waals surface area contributed by atoms with Crippen LogP contribution in [0.5, 0.6) is 0 Å². The molecule has 0 spiro atoms. The van der Waals surface area contributed by atoms with Crippen LogP contribution in [-0.2, 0) is 14.8 Å². The molecule has 0 bridgehead atoms. The molecule has 0 fully saturated rings. The van der Waals surface area contributed by atoms with Crippen LogP contribution in [0.15, 0.2) is 35.2 Å². The minimum atomic E-state index is -3.64. The minimum Gasteiger partial charge on any atom is -0.321 e. The molecule has 1 amide bonds. The fourth-order valence-corrected chi connectivity index (χ4v) is 3.78. The number of benzene rings is 1. The van der Waals surface area contributed by atoms with E-state index in [-0.39, 0.29) is 21.4 Å². The van der Waals surface area contributed by atoms with Crippen molar-refractivity contribution in [2.24, 2.45) is 0 Å². The van der Waals surface area contributed by atoms with Gasteiger partial charge in [-0.1, -0.05) is 11.3 Å². The molecule has 1 aliphatic rings. The van der Waals surface area contributed by atoms with Crippen molar-refractivity contribution in [1.82, 2.24) is 4.72 Å². The highest BCUT2D eigenvalue weighted by Crippen LogP contribution is 2.36. The molecular weight excluding hydrogens is 354 g/mol. The zero-order valence-electron chi connectivity index (χ0n) is 12.3. The topological polar surface area (TPSA) is 118 Å². The van der Waals surface area contributed by atoms with Crippen LogP contribution in [0.2, 0.25) is 0 Å². The van der Waals surface area contributed by atoms with Gasteiger partial charge in [0, 0.05) is 22.2 Å². The molecule has 8 nitrogen and oxygen atoms in total. The Morgan fingerprint density at radius 3 is 2.67 bits per heavy atom. The average molecular weight is 365 g/mol. The highest BCUT2D eigenvalue weighted by atomic mass is 32.2. The largest absolute Gasteiger partial charge is 0.324 e. The Kier molecular flexibility index (Phi) is 3.95. The molecule has 0 radical (unpaired) electrons. The van der Waals surface area contributed by atoms with Gasteiger partial charge in [0.2, 0.25) is 10.0 Å². The van der Waals surface area contributed by atoms with Crippen molar-refractivity contribution in [1.29, 1.82) is 0 Å². The number of anilines is 1. The summed E-state index contributed by atoms with van der Waals surface area (Å²) in [5.41, 5.74) is 1.19. The van der Waals surface area contributed by atoms with E-state index in [1.165, 1.54) is 43.5 Å². The molecule has 24 heavy (non-hydrogen) atoms. The number of fused-ring (bicyclic) bond motifs is 1. The Hall–Kier alpha value is -2.56. The van der Waals surface area contributed by atoms with E-state index >= 15 is 0 Å². The number of nitrogens with zero attached hydrogens (tertiary/aromatic N) is 1. The van der Waals surface area contributed by atoms with E-state index in [9.17, 15) is 23.3 Å². The normalized spacial score (nSPS) is 15.4. The molecular formula is C14H11N3O5S2. The fourth-order valence-electron chi connectivity index (χ4n) is 2.26. The number of amides is 1. The van der Waals surface area contributed by atoms with Gasteiger partial charge in [0.25, 0.3) is 5.91 Å². The van der Waals surface area contributed by atoms with Gasteiger partial charge < -0.3 is 5.32 Å². The van der Waals surface area contributed by atoms with Crippen LogP contribution >= 0.6 is 11.3 Å². The summed E-state index contributed by atoms with van der Waals surface area (Å²) in [7, 11) is -2.34. The molecule has 1 aliphatic heterocycles. The molecule has 2 N–H and O–H groups in total. The van der Waals surface area contributed by atoms with E-state index in [1.807, 2.05) is 0 Å². The van der Waals surface area contributed by atoms with Gasteiger partial charge in [-0.3, -0.25) is 14.9 Å². The number of nitro groups is 1. The Morgan fingerprint density at radius 2 is 2.04 bits per heavy atom. The van der Waals surface area contributed by atoms with Crippen LogP contribution in [-0.4, -0.2) is 26.3 Å². The van der Waals surface area contributed by atoms with E-state index in [0.29, 0.717) is 16.1 Å². The number of nitrogens with one attached hydrogen (secondary N) is 2. The summed E-state index contributed by atoms with van der Waals surface area (Å²) in [6, 6.07) is 7.19. The van der Waals surface area contributed by atoms with Crippen molar-refractivity contribution in [2.45, 2.75) is 4.90 Å². The third-order valence-corrected chi connectivity index (χ3v) is 5.83. The standard InChI is InChI=1S/C14H11N3O5S2/c1-15-24(21,22)9-3-4-12-10(7-9)11(14(18)16-12)6-8-2-5-13(23-8)17(19)20/h2-7,15H,1H3,(H,16,18). The van der Waals surface area contributed by atoms with Gasteiger partial charge in [0.1, 0.15) is 0 Å². The summed E-state index contributed by atoms with van der Waals surface area (Å²) in [6.45, 7) is 0. The van der Waals surface area contributed by atoms with Crippen molar-refractivity contribution >= 4 is 49.6 Å². The zero-order valence-corrected chi connectivity index (χ0v) is 13.9. The molecule has 2 heterocycles. The molecule has 1 aromatic carbocycles. The van der Waals surface area contributed by atoms with Crippen LogP contribution in [0.4, 0.5) is 10.7 Å². The maximum atomic E-state index is 12.1. The zero-order chi connectivity index (χ0) is 17.5. The lowest BCUT2D eigenvalue weighted by atomic mass is 10.1. The molecule has 124 valence electrons. The fraction of sp³-hybridized carbons (Fsp3) is 0.0714. The Balaban J connectivity index is 2.08. The van der Waals surface area contributed by atoms with Crippen molar-refractivity contribution in [2.75, 3.05) is 12.4 Å². The van der Waals surface area contributed by atoms with Crippen LogP contribution in [0, 0.1) is 10.1 Å². The molecule has 10 heteroatoms. The Labute approximate surface area is 141 Å². The van der Waals surface area contributed by atoms with E-state index in [2.05, 4.69) is 10.0 Å². The number of hydrogen-bond donors (Lipinski definition) is 2. The minimum absolute atomic E-state index is 0.0308. The first-order valence-electron chi connectivity index (χ1n) is 6.67. The van der Waals surface area contributed by atoms with Crippen molar-refractivity contribution < 1.29 is 18.1 Å². The number of hydrogen-bond acceptors (Lipinski definition) is 6. The SMILES string of the molecule is CNS(=O)(=O)c1ccc2c(c1)C(=Cc1ccc([N+](=O)[O-])s1)C(=O)N2. The van der Waals surface area contributed by atoms with Crippen molar-refractivity contribution in [3.63, 3.8) is 0 Å². The highest BCUT2D eigenvalue weighted by molar-refractivity contribution is 7.89. The molecule has 3 rings (SSSR count). The number of carbonyl (C=O) groups is 1. The molecule has 0 aliphatic carbocycles. The summed E-state index contributed by atoms with van der Waals surface area (Å²) in [5, 5.41) is 13.4. The van der Waals surface area contributed by atoms with Crippen molar-refractivity contribution in [3.8, 4) is 0 Å². The van der Waals surface area contributed by atoms with Gasteiger partial charge in [0.15, 0.2) is 0 Å². The number of carbonyl (C=O) groups excluding carboxylic acids is 1. The Morgan fingerprint density at radius 1 is 1.29 bits per heavy atom. The van der Waals surface area contributed by atoms with Crippen LogP contribution < -0.4 is 10.0 Å². The average Bonchev–Trinajstić information content (AvgIpc) is 3.13. The van der Waals surface area contributed by atoms with Crippen LogP contribution in [0.1, 0.15) is 10.4 Å². The van der Waals surface area contributed by atoms with E-state index in [4.69, 9.17) is 0 Å². The first-order chi connectivity index (χ1) is 11.3. The monoisotopic (exact) mass is 365 g/mol. The molecule has 2 aromatic rings. The third-order valence-electron chi connectivity index (χ3n) is 3.43. The summed E-state index contributed by atoms with van der Waals surface area (Å²) in [6.07, 6.45) is 1.51. The number of sulfonamides is 1. The predicted molar refractivity (Wildman–Crippen MR) is 90.2 cm³/mol. The second-order valence-corrected chi connectivity index (χ2v) is 7.84. The van der Waals surface area contributed by atoms with Gasteiger partial charge in [-0.05, 0) is 37.4 Å². The lowest BCUT2D eigenvalue weighted by Gasteiger charge is -2.05. The lowest BCUT2D eigenvalue weighted by molar-refractivity contribution is -0.380. The predicted octanol–water partition coefficient (Wildman–Crippen LogP) is 2.06. The van der Waals surface area contributed by atoms with Gasteiger partial charge in [-0.2, -0.15) is 0 Å². The lowest BCUT2D eigenvalue weighted by Crippen LogP contribution is -2.18. The van der Waals surface area contributed by atoms with Gasteiger partial charge in [-0.15, -0.1) is 0 Å². The summed E-state index contributed by atoms with van der Waals surface area (Å²) < 4.78 is 26.0. The van der Waals surface area contributed by atoms with E-state index < -0.39 is 14.9 Å². The first kappa shape index (κ1) is 16.3. The second-order valence-electron chi connectivity index (χ2n) is 4.86. The summed E-state index contributed by atoms with van der Waals surface area (Å²) in [5.74, 6) is -0.389. The molecule has 0 atom stereocenters. The maximum Gasteiger partial charge on any atom is 0.324 e. The molecule has 0 saturated carbocycles. The molecule has 1 aromatic heterocycles. The summed E-state index contributed by atoms with van der Waals surface area (Å²) in [4.78, 5) is 22.9. The number of thiophene rings is 1. The van der Waals surface area contributed by atoms with E-state index in [0.717, 1.165) is 11.3 Å². The third kappa shape index (κ3) is 2.82. The molecule has 0 unspecified atom stereocenters. The van der Waals surface area contributed by atoms with Gasteiger partial charge >= 0.3 is 5.00 Å². The smallest absolute Gasteiger partial charge is 0.321 e. The maximum absolute atomic E-state index is 12.1. The van der Waals surface area contributed by atoms with Crippen LogP contribution in [0.25, 0.3) is 11.6 Å². The quantitative estimate of drug-likeness (QED) is 0.488. The first-order valence-corrected chi connectivity index (χ1v) is 8.97. The van der Waals surface area contributed by atoms with Gasteiger partial charge in [0.05, 0.1) is 15.4 Å². The highest BCUT2D eigenvalue weighted by Gasteiger charge is 2.26. The van der Waals surface area contributed by atoms with Crippen molar-refractivity contribution in [3.05, 3.63) is 50.9 Å². The Bertz CT molecular complexity index is 992. The van der Waals surface area contributed by atoms with E-state index in [1.54, 1.807) is 0 Å². The number of rotatable bonds is 4. The van der Waals surface area contributed by atoms with Gasteiger partial charge in [-0.25, -0.2) is 13.1 Å². The molecule has 0 saturated heterocycles. The second kappa shape index (κ2) is 5.82.